The van der Waals surface area contributed by atoms with Crippen LogP contribution >= 0.6 is 0 Å². The molecule has 1 saturated carbocycles. The van der Waals surface area contributed by atoms with E-state index in [0.717, 1.165) is 25.7 Å². The average molecular weight is 328 g/mol. The molecule has 1 heterocycles. The second kappa shape index (κ2) is 6.81. The molecule has 1 N–H and O–H groups in total. The van der Waals surface area contributed by atoms with Gasteiger partial charge in [-0.2, -0.15) is 0 Å². The maximum Gasteiger partial charge on any atom is 0.238 e. The van der Waals surface area contributed by atoms with Gasteiger partial charge < -0.3 is 9.84 Å². The molecule has 1 unspecified atom stereocenters. The van der Waals surface area contributed by atoms with Gasteiger partial charge in [-0.15, -0.1) is 0 Å². The number of aryl methyl sites for hydroxylation is 1. The molecular weight excluding hydrogens is 304 g/mol. The molecule has 0 bridgehead atoms. The number of carbonyl (C=O) groups is 1. The summed E-state index contributed by atoms with van der Waals surface area (Å²) in [6.07, 6.45) is 3.98. The van der Waals surface area contributed by atoms with E-state index >= 15 is 0 Å². The fourth-order valence-corrected chi connectivity index (χ4v) is 3.87. The van der Waals surface area contributed by atoms with Gasteiger partial charge in [-0.3, -0.25) is 4.79 Å². The molecule has 6 nitrogen and oxygen atoms in total. The number of amides is 1. The predicted molar refractivity (Wildman–Crippen MR) is 82.9 cm³/mol. The SMILES string of the molecule is Cc1cc(CS(=O)(=O)C(C)C(=O)NC2CCC(C)CC2)on1. The summed E-state index contributed by atoms with van der Waals surface area (Å²) in [6.45, 7) is 5.35. The highest BCUT2D eigenvalue weighted by Gasteiger charge is 2.31. The van der Waals surface area contributed by atoms with Crippen molar-refractivity contribution >= 4 is 15.7 Å². The minimum atomic E-state index is -3.61. The number of nitrogens with one attached hydrogen (secondary N) is 1. The maximum absolute atomic E-state index is 12.3. The molecule has 0 saturated heterocycles. The van der Waals surface area contributed by atoms with Crippen molar-refractivity contribution in [2.45, 2.75) is 63.5 Å². The van der Waals surface area contributed by atoms with Crippen LogP contribution in [0.3, 0.4) is 0 Å². The summed E-state index contributed by atoms with van der Waals surface area (Å²) < 4.78 is 29.5. The Labute approximate surface area is 131 Å². The van der Waals surface area contributed by atoms with Crippen molar-refractivity contribution in [1.82, 2.24) is 10.5 Å². The molecule has 1 aromatic rings. The summed E-state index contributed by atoms with van der Waals surface area (Å²) in [4.78, 5) is 12.2. The number of hydrogen-bond acceptors (Lipinski definition) is 5. The van der Waals surface area contributed by atoms with Crippen molar-refractivity contribution in [2.24, 2.45) is 5.92 Å². The van der Waals surface area contributed by atoms with Crippen LogP contribution in [-0.4, -0.2) is 30.8 Å². The Morgan fingerprint density at radius 3 is 2.59 bits per heavy atom. The Bertz CT molecular complexity index is 615. The highest BCUT2D eigenvalue weighted by atomic mass is 32.2. The van der Waals surface area contributed by atoms with Crippen LogP contribution in [0, 0.1) is 12.8 Å². The van der Waals surface area contributed by atoms with Crippen LogP contribution in [0.15, 0.2) is 10.6 Å². The standard InChI is InChI=1S/C15H24N2O4S/c1-10-4-6-13(7-5-10)16-15(18)12(3)22(19,20)9-14-8-11(2)17-21-14/h8,10,12-13H,4-7,9H2,1-3H3,(H,16,18). The fourth-order valence-electron chi connectivity index (χ4n) is 2.69. The van der Waals surface area contributed by atoms with Crippen LogP contribution in [0.4, 0.5) is 0 Å². The monoisotopic (exact) mass is 328 g/mol. The molecule has 2 rings (SSSR count). The van der Waals surface area contributed by atoms with Crippen LogP contribution in [0.5, 0.6) is 0 Å². The van der Waals surface area contributed by atoms with Gasteiger partial charge in [-0.25, -0.2) is 8.42 Å². The van der Waals surface area contributed by atoms with Gasteiger partial charge in [0.15, 0.2) is 15.6 Å². The van der Waals surface area contributed by atoms with Gasteiger partial charge in [0.2, 0.25) is 5.91 Å². The van der Waals surface area contributed by atoms with E-state index in [1.165, 1.54) is 6.92 Å². The molecule has 0 spiro atoms. The lowest BCUT2D eigenvalue weighted by Crippen LogP contribution is -2.44. The summed E-state index contributed by atoms with van der Waals surface area (Å²) in [6, 6.07) is 1.67. The Balaban J connectivity index is 1.94. The summed E-state index contributed by atoms with van der Waals surface area (Å²) in [7, 11) is -3.61. The van der Waals surface area contributed by atoms with Crippen LogP contribution in [0.1, 0.15) is 51.0 Å². The summed E-state index contributed by atoms with van der Waals surface area (Å²) >= 11 is 0. The molecule has 1 atom stereocenters. The summed E-state index contributed by atoms with van der Waals surface area (Å²) in [5, 5.41) is 5.45. The topological polar surface area (TPSA) is 89.3 Å². The van der Waals surface area contributed by atoms with Crippen LogP contribution in [0.2, 0.25) is 0 Å². The number of aromatic nitrogens is 1. The fraction of sp³-hybridized carbons (Fsp3) is 0.733. The molecule has 1 fully saturated rings. The molecule has 22 heavy (non-hydrogen) atoms. The maximum atomic E-state index is 12.3. The number of rotatable bonds is 5. The second-order valence-electron chi connectivity index (χ2n) is 6.35. The molecule has 1 amide bonds. The Morgan fingerprint density at radius 1 is 1.41 bits per heavy atom. The second-order valence-corrected chi connectivity index (χ2v) is 8.67. The van der Waals surface area contributed by atoms with Gasteiger partial charge in [0.05, 0.1) is 5.69 Å². The predicted octanol–water partition coefficient (Wildman–Crippen LogP) is 1.98. The third-order valence-electron chi connectivity index (χ3n) is 4.29. The third-order valence-corrected chi connectivity index (χ3v) is 6.27. The molecule has 1 aromatic heterocycles. The molecule has 1 aliphatic rings. The van der Waals surface area contributed by atoms with Crippen molar-refractivity contribution in [2.75, 3.05) is 0 Å². The quantitative estimate of drug-likeness (QED) is 0.892. The van der Waals surface area contributed by atoms with Crippen molar-refractivity contribution in [3.05, 3.63) is 17.5 Å². The molecular formula is C15H24N2O4S. The zero-order chi connectivity index (χ0) is 16.3. The van der Waals surface area contributed by atoms with E-state index in [9.17, 15) is 13.2 Å². The number of hydrogen-bond donors (Lipinski definition) is 1. The Kier molecular flexibility index (Phi) is 5.26. The molecule has 0 aliphatic heterocycles. The Hall–Kier alpha value is -1.37. The third kappa shape index (κ3) is 4.32. The van der Waals surface area contributed by atoms with E-state index in [2.05, 4.69) is 17.4 Å². The van der Waals surface area contributed by atoms with Crippen molar-refractivity contribution < 1.29 is 17.7 Å². The van der Waals surface area contributed by atoms with Crippen LogP contribution in [-0.2, 0) is 20.4 Å². The first-order valence-electron chi connectivity index (χ1n) is 7.72. The van der Waals surface area contributed by atoms with E-state index in [4.69, 9.17) is 4.52 Å². The minimum Gasteiger partial charge on any atom is -0.360 e. The Morgan fingerprint density at radius 2 is 2.05 bits per heavy atom. The normalized spacial score (nSPS) is 24.0. The van der Waals surface area contributed by atoms with E-state index < -0.39 is 21.0 Å². The van der Waals surface area contributed by atoms with Gasteiger partial charge in [-0.1, -0.05) is 12.1 Å². The number of carbonyl (C=O) groups excluding carboxylic acids is 1. The van der Waals surface area contributed by atoms with E-state index in [-0.39, 0.29) is 17.6 Å². The lowest BCUT2D eigenvalue weighted by Gasteiger charge is -2.27. The molecule has 0 aromatic carbocycles. The first kappa shape index (κ1) is 17.0. The average Bonchev–Trinajstić information content (AvgIpc) is 2.85. The molecule has 0 radical (unpaired) electrons. The van der Waals surface area contributed by atoms with E-state index in [0.29, 0.717) is 11.6 Å². The minimum absolute atomic E-state index is 0.0915. The number of nitrogens with zero attached hydrogens (tertiary/aromatic N) is 1. The van der Waals surface area contributed by atoms with Gasteiger partial charge >= 0.3 is 0 Å². The van der Waals surface area contributed by atoms with Crippen molar-refractivity contribution in [3.8, 4) is 0 Å². The lowest BCUT2D eigenvalue weighted by molar-refractivity contribution is -0.121. The largest absolute Gasteiger partial charge is 0.360 e. The highest BCUT2D eigenvalue weighted by molar-refractivity contribution is 7.92. The van der Waals surface area contributed by atoms with Crippen LogP contribution in [0.25, 0.3) is 0 Å². The first-order chi connectivity index (χ1) is 10.3. The lowest BCUT2D eigenvalue weighted by atomic mass is 9.87. The number of sulfone groups is 1. The molecule has 124 valence electrons. The summed E-state index contributed by atoms with van der Waals surface area (Å²) in [5.41, 5.74) is 0.624. The first-order valence-corrected chi connectivity index (χ1v) is 9.43. The smallest absolute Gasteiger partial charge is 0.238 e. The zero-order valence-electron chi connectivity index (χ0n) is 13.3. The zero-order valence-corrected chi connectivity index (χ0v) is 14.1. The van der Waals surface area contributed by atoms with Crippen LogP contribution < -0.4 is 5.32 Å². The summed E-state index contributed by atoms with van der Waals surface area (Å²) in [5.74, 6) is 0.229. The van der Waals surface area contributed by atoms with Gasteiger partial charge in [0.1, 0.15) is 11.0 Å². The van der Waals surface area contributed by atoms with Gasteiger partial charge in [-0.05, 0) is 45.4 Å². The van der Waals surface area contributed by atoms with Gasteiger partial charge in [0, 0.05) is 12.1 Å². The van der Waals surface area contributed by atoms with Crippen molar-refractivity contribution in [3.63, 3.8) is 0 Å². The van der Waals surface area contributed by atoms with E-state index in [1.54, 1.807) is 13.0 Å². The van der Waals surface area contributed by atoms with Crippen molar-refractivity contribution in [1.29, 1.82) is 0 Å². The molecule has 1 aliphatic carbocycles. The van der Waals surface area contributed by atoms with E-state index in [1.807, 2.05) is 0 Å². The van der Waals surface area contributed by atoms with Gasteiger partial charge in [0.25, 0.3) is 0 Å². The molecule has 7 heteroatoms. The highest BCUT2D eigenvalue weighted by Crippen LogP contribution is 2.23.